The summed E-state index contributed by atoms with van der Waals surface area (Å²) in [4.78, 5) is 11.6. The number of benzene rings is 2. The van der Waals surface area contributed by atoms with E-state index in [1.54, 1.807) is 44.2 Å². The number of nitrogens with one attached hydrogen (secondary N) is 1. The molecule has 23 heavy (non-hydrogen) atoms. The molecule has 0 unspecified atom stereocenters. The first-order valence-corrected chi connectivity index (χ1v) is 8.52. The van der Waals surface area contributed by atoms with Crippen molar-refractivity contribution in [2.45, 2.75) is 25.7 Å². The van der Waals surface area contributed by atoms with Gasteiger partial charge in [0.2, 0.25) is 0 Å². The minimum atomic E-state index is -3.74. The summed E-state index contributed by atoms with van der Waals surface area (Å²) in [7, 11) is -2.21. The number of carbonyl (C=O) groups excluding carboxylic acids is 1. The maximum atomic E-state index is 12.5. The second kappa shape index (κ2) is 6.42. The number of aryl methyl sites for hydroxylation is 2. The number of ether oxygens (including phenoxy) is 1. The first kappa shape index (κ1) is 17.0. The lowest BCUT2D eigenvalue weighted by Crippen LogP contribution is -2.14. The van der Waals surface area contributed by atoms with Crippen molar-refractivity contribution in [2.75, 3.05) is 11.8 Å². The predicted octanol–water partition coefficient (Wildman–Crippen LogP) is 3.32. The number of hydrogen-bond donors (Lipinski definition) is 1. The lowest BCUT2D eigenvalue weighted by Gasteiger charge is -2.13. The van der Waals surface area contributed by atoms with Gasteiger partial charge in [-0.2, -0.15) is 0 Å². The van der Waals surface area contributed by atoms with Crippen LogP contribution < -0.4 is 9.46 Å². The van der Waals surface area contributed by atoms with Crippen molar-refractivity contribution < 1.29 is 17.9 Å². The highest BCUT2D eigenvalue weighted by Gasteiger charge is 2.17. The molecule has 5 nitrogen and oxygen atoms in total. The molecule has 2 aromatic rings. The van der Waals surface area contributed by atoms with Crippen LogP contribution in [-0.2, 0) is 10.0 Å². The highest BCUT2D eigenvalue weighted by atomic mass is 32.2. The van der Waals surface area contributed by atoms with Crippen LogP contribution in [0.1, 0.15) is 28.4 Å². The Hall–Kier alpha value is -2.34. The van der Waals surface area contributed by atoms with Gasteiger partial charge in [-0.3, -0.25) is 9.52 Å². The van der Waals surface area contributed by atoms with E-state index in [4.69, 9.17) is 4.74 Å². The second-order valence-corrected chi connectivity index (χ2v) is 7.01. The molecule has 0 radical (unpaired) electrons. The fourth-order valence-electron chi connectivity index (χ4n) is 2.17. The highest BCUT2D eigenvalue weighted by molar-refractivity contribution is 7.92. The van der Waals surface area contributed by atoms with Crippen LogP contribution in [-0.4, -0.2) is 21.3 Å². The summed E-state index contributed by atoms with van der Waals surface area (Å²) in [6.45, 7) is 5.00. The van der Waals surface area contributed by atoms with E-state index in [9.17, 15) is 13.2 Å². The van der Waals surface area contributed by atoms with Crippen LogP contribution in [0.2, 0.25) is 0 Å². The van der Waals surface area contributed by atoms with Gasteiger partial charge >= 0.3 is 0 Å². The Bertz CT molecular complexity index is 857. The molecule has 0 spiro atoms. The van der Waals surface area contributed by atoms with Crippen molar-refractivity contribution in [3.8, 4) is 5.75 Å². The third kappa shape index (κ3) is 3.71. The van der Waals surface area contributed by atoms with E-state index in [0.717, 1.165) is 11.1 Å². The Kier molecular flexibility index (Phi) is 4.75. The van der Waals surface area contributed by atoms with Gasteiger partial charge in [-0.1, -0.05) is 12.1 Å². The molecule has 2 rings (SSSR count). The summed E-state index contributed by atoms with van der Waals surface area (Å²) in [5.74, 6) is 0.504. The van der Waals surface area contributed by atoms with Crippen LogP contribution >= 0.6 is 0 Å². The Labute approximate surface area is 136 Å². The van der Waals surface area contributed by atoms with Gasteiger partial charge in [-0.05, 0) is 56.2 Å². The van der Waals surface area contributed by atoms with Crippen LogP contribution in [0.15, 0.2) is 41.3 Å². The zero-order chi connectivity index (χ0) is 17.2. The Morgan fingerprint density at radius 3 is 2.30 bits per heavy atom. The standard InChI is InChI=1S/C17H19NO4S/c1-11-5-6-14(13(3)19)10-16(11)18-23(20,21)15-7-8-17(22-4)12(2)9-15/h5-10,18H,1-4H3. The van der Waals surface area contributed by atoms with E-state index in [1.165, 1.54) is 20.1 Å². The summed E-state index contributed by atoms with van der Waals surface area (Å²) >= 11 is 0. The fraction of sp³-hybridized carbons (Fsp3) is 0.235. The molecule has 0 saturated carbocycles. The van der Waals surface area contributed by atoms with Crippen molar-refractivity contribution in [1.82, 2.24) is 0 Å². The van der Waals surface area contributed by atoms with E-state index in [2.05, 4.69) is 4.72 Å². The van der Waals surface area contributed by atoms with Crippen LogP contribution in [0.3, 0.4) is 0 Å². The lowest BCUT2D eigenvalue weighted by atomic mass is 10.1. The first-order valence-electron chi connectivity index (χ1n) is 7.03. The molecule has 0 bridgehead atoms. The van der Waals surface area contributed by atoms with Gasteiger partial charge in [0.05, 0.1) is 17.7 Å². The van der Waals surface area contributed by atoms with Crippen molar-refractivity contribution in [3.05, 3.63) is 53.1 Å². The Morgan fingerprint density at radius 1 is 1.04 bits per heavy atom. The van der Waals surface area contributed by atoms with Crippen molar-refractivity contribution in [1.29, 1.82) is 0 Å². The monoisotopic (exact) mass is 333 g/mol. The number of ketones is 1. The summed E-state index contributed by atoms with van der Waals surface area (Å²) in [5.41, 5.74) is 2.32. The van der Waals surface area contributed by atoms with E-state index in [-0.39, 0.29) is 10.7 Å². The van der Waals surface area contributed by atoms with Gasteiger partial charge in [0, 0.05) is 5.56 Å². The van der Waals surface area contributed by atoms with Gasteiger partial charge in [-0.15, -0.1) is 0 Å². The van der Waals surface area contributed by atoms with E-state index >= 15 is 0 Å². The van der Waals surface area contributed by atoms with E-state index in [1.807, 2.05) is 0 Å². The SMILES string of the molecule is COc1ccc(S(=O)(=O)Nc2cc(C(C)=O)ccc2C)cc1C. The quantitative estimate of drug-likeness (QED) is 0.852. The second-order valence-electron chi connectivity index (χ2n) is 5.32. The number of rotatable bonds is 5. The summed E-state index contributed by atoms with van der Waals surface area (Å²) in [6, 6.07) is 9.58. The molecule has 122 valence electrons. The van der Waals surface area contributed by atoms with Crippen LogP contribution in [0.25, 0.3) is 0 Å². The summed E-state index contributed by atoms with van der Waals surface area (Å²) < 4.78 is 32.8. The summed E-state index contributed by atoms with van der Waals surface area (Å²) in [6.07, 6.45) is 0. The topological polar surface area (TPSA) is 72.5 Å². The minimum absolute atomic E-state index is 0.120. The Morgan fingerprint density at radius 2 is 1.74 bits per heavy atom. The van der Waals surface area contributed by atoms with Crippen LogP contribution in [0, 0.1) is 13.8 Å². The van der Waals surface area contributed by atoms with Gasteiger partial charge in [-0.25, -0.2) is 8.42 Å². The van der Waals surface area contributed by atoms with Crippen molar-refractivity contribution in [2.24, 2.45) is 0 Å². The average Bonchev–Trinajstić information content (AvgIpc) is 2.49. The van der Waals surface area contributed by atoms with Gasteiger partial charge < -0.3 is 4.74 Å². The number of anilines is 1. The molecular weight excluding hydrogens is 314 g/mol. The zero-order valence-corrected chi connectivity index (χ0v) is 14.3. The molecule has 0 aliphatic heterocycles. The fourth-order valence-corrected chi connectivity index (χ4v) is 3.38. The van der Waals surface area contributed by atoms with Crippen molar-refractivity contribution >= 4 is 21.5 Å². The van der Waals surface area contributed by atoms with Gasteiger partial charge in [0.15, 0.2) is 5.78 Å². The molecule has 0 aromatic heterocycles. The van der Waals surface area contributed by atoms with Crippen LogP contribution in [0.5, 0.6) is 5.75 Å². The molecule has 6 heteroatoms. The average molecular weight is 333 g/mol. The summed E-state index contributed by atoms with van der Waals surface area (Å²) in [5, 5.41) is 0. The number of hydrogen-bond acceptors (Lipinski definition) is 4. The highest BCUT2D eigenvalue weighted by Crippen LogP contribution is 2.25. The number of Topliss-reactive ketones (excluding diaryl/α,β-unsaturated/α-hetero) is 1. The smallest absolute Gasteiger partial charge is 0.261 e. The van der Waals surface area contributed by atoms with E-state index in [0.29, 0.717) is 17.0 Å². The minimum Gasteiger partial charge on any atom is -0.496 e. The van der Waals surface area contributed by atoms with Crippen LogP contribution in [0.4, 0.5) is 5.69 Å². The largest absolute Gasteiger partial charge is 0.496 e. The normalized spacial score (nSPS) is 11.1. The molecule has 0 amide bonds. The third-order valence-corrected chi connectivity index (χ3v) is 4.93. The van der Waals surface area contributed by atoms with E-state index < -0.39 is 10.0 Å². The molecule has 1 N–H and O–H groups in total. The third-order valence-electron chi connectivity index (χ3n) is 3.57. The molecule has 0 atom stereocenters. The number of sulfonamides is 1. The van der Waals surface area contributed by atoms with Gasteiger partial charge in [0.25, 0.3) is 10.0 Å². The molecule has 0 aliphatic rings. The Balaban J connectivity index is 2.40. The van der Waals surface area contributed by atoms with Crippen molar-refractivity contribution in [3.63, 3.8) is 0 Å². The maximum absolute atomic E-state index is 12.5. The maximum Gasteiger partial charge on any atom is 0.261 e. The number of carbonyl (C=O) groups is 1. The molecular formula is C17H19NO4S. The molecule has 2 aromatic carbocycles. The predicted molar refractivity (Wildman–Crippen MR) is 89.7 cm³/mol. The van der Waals surface area contributed by atoms with Gasteiger partial charge in [0.1, 0.15) is 5.75 Å². The molecule has 0 heterocycles. The molecule has 0 aliphatic carbocycles. The zero-order valence-electron chi connectivity index (χ0n) is 13.5. The number of methoxy groups -OCH3 is 1. The molecule has 0 saturated heterocycles. The lowest BCUT2D eigenvalue weighted by molar-refractivity contribution is 0.101. The first-order chi connectivity index (χ1) is 10.7. The molecule has 0 fully saturated rings.